The normalized spacial score (nSPS) is 10.7. The molecule has 6 heteroatoms. The Morgan fingerprint density at radius 1 is 1.11 bits per heavy atom. The zero-order valence-electron chi connectivity index (χ0n) is 15.7. The maximum absolute atomic E-state index is 13.0. The van der Waals surface area contributed by atoms with Crippen LogP contribution in [0, 0.1) is 6.92 Å². The lowest BCUT2D eigenvalue weighted by Gasteiger charge is -2.20. The summed E-state index contributed by atoms with van der Waals surface area (Å²) in [4.78, 5) is 19.2. The number of hydrogen-bond donors (Lipinski definition) is 0. The van der Waals surface area contributed by atoms with Crippen molar-refractivity contribution in [3.8, 4) is 11.5 Å². The van der Waals surface area contributed by atoms with Crippen LogP contribution in [0.5, 0.6) is 11.5 Å². The van der Waals surface area contributed by atoms with Crippen molar-refractivity contribution in [2.75, 3.05) is 21.3 Å². The number of aryl methyl sites for hydroxylation is 1. The Balaban J connectivity index is 1.91. The van der Waals surface area contributed by atoms with Gasteiger partial charge in [-0.05, 0) is 43.3 Å². The first-order valence-electron chi connectivity index (χ1n) is 8.46. The number of carbonyl (C=O) groups is 1. The second-order valence-corrected chi connectivity index (χ2v) is 6.73. The van der Waals surface area contributed by atoms with E-state index in [-0.39, 0.29) is 5.91 Å². The van der Waals surface area contributed by atoms with Gasteiger partial charge in [0.2, 0.25) is 0 Å². The molecule has 1 aromatic heterocycles. The van der Waals surface area contributed by atoms with E-state index in [0.717, 1.165) is 22.2 Å². The number of ether oxygens (including phenoxy) is 2. The molecule has 0 N–H and O–H groups in total. The van der Waals surface area contributed by atoms with Crippen LogP contribution in [0.4, 0.5) is 0 Å². The zero-order valence-corrected chi connectivity index (χ0v) is 16.5. The minimum absolute atomic E-state index is 0.111. The van der Waals surface area contributed by atoms with Gasteiger partial charge < -0.3 is 14.4 Å². The summed E-state index contributed by atoms with van der Waals surface area (Å²) < 4.78 is 10.6. The first kappa shape index (κ1) is 19.0. The molecule has 0 aliphatic heterocycles. The Hall–Kier alpha value is -2.79. The van der Waals surface area contributed by atoms with Crippen LogP contribution in [-0.4, -0.2) is 37.1 Å². The minimum Gasteiger partial charge on any atom is -0.497 e. The number of hydrogen-bond acceptors (Lipinski definition) is 4. The van der Waals surface area contributed by atoms with Gasteiger partial charge in [0.1, 0.15) is 11.5 Å². The Bertz CT molecular complexity index is 1000. The molecule has 0 spiro atoms. The summed E-state index contributed by atoms with van der Waals surface area (Å²) >= 11 is 6.09. The highest BCUT2D eigenvalue weighted by atomic mass is 35.5. The van der Waals surface area contributed by atoms with E-state index in [0.29, 0.717) is 28.6 Å². The lowest BCUT2D eigenvalue weighted by atomic mass is 10.1. The maximum atomic E-state index is 13.0. The van der Waals surface area contributed by atoms with Crippen molar-refractivity contribution < 1.29 is 14.3 Å². The van der Waals surface area contributed by atoms with Gasteiger partial charge in [-0.15, -0.1) is 0 Å². The maximum Gasteiger partial charge on any atom is 0.255 e. The van der Waals surface area contributed by atoms with Crippen molar-refractivity contribution >= 4 is 28.4 Å². The van der Waals surface area contributed by atoms with Gasteiger partial charge in [-0.2, -0.15) is 0 Å². The molecule has 3 rings (SSSR count). The molecule has 0 radical (unpaired) electrons. The van der Waals surface area contributed by atoms with Crippen LogP contribution in [-0.2, 0) is 6.54 Å². The summed E-state index contributed by atoms with van der Waals surface area (Å²) in [7, 11) is 4.96. The van der Waals surface area contributed by atoms with E-state index in [1.165, 1.54) is 0 Å². The molecule has 27 heavy (non-hydrogen) atoms. The van der Waals surface area contributed by atoms with Gasteiger partial charge in [0.05, 0.1) is 31.0 Å². The molecule has 0 saturated heterocycles. The first-order valence-corrected chi connectivity index (χ1v) is 8.84. The fourth-order valence-electron chi connectivity index (χ4n) is 2.99. The molecule has 0 bridgehead atoms. The van der Waals surface area contributed by atoms with Gasteiger partial charge in [-0.1, -0.05) is 11.6 Å². The molecule has 0 unspecified atom stereocenters. The zero-order chi connectivity index (χ0) is 19.6. The summed E-state index contributed by atoms with van der Waals surface area (Å²) in [5.74, 6) is 1.32. The van der Waals surface area contributed by atoms with Crippen molar-refractivity contribution in [2.45, 2.75) is 13.5 Å². The Morgan fingerprint density at radius 2 is 1.89 bits per heavy atom. The highest BCUT2D eigenvalue weighted by molar-refractivity contribution is 6.30. The van der Waals surface area contributed by atoms with Crippen molar-refractivity contribution in [1.29, 1.82) is 0 Å². The van der Waals surface area contributed by atoms with Crippen LogP contribution in [0.3, 0.4) is 0 Å². The molecule has 0 atom stereocenters. The van der Waals surface area contributed by atoms with Gasteiger partial charge in [-0.3, -0.25) is 9.78 Å². The summed E-state index contributed by atoms with van der Waals surface area (Å²) in [6.45, 7) is 2.21. The molecule has 140 valence electrons. The molecule has 5 nitrogen and oxygen atoms in total. The molecular formula is C21H21ClN2O3. The average molecular weight is 385 g/mol. The Labute approximate surface area is 163 Å². The SMILES string of the molecule is COc1ccc2cc(C(=O)N(C)Cc3cc(Cl)ccc3OC)c(C)nc2c1. The number of methoxy groups -OCH3 is 2. The van der Waals surface area contributed by atoms with E-state index in [4.69, 9.17) is 21.1 Å². The molecule has 2 aromatic carbocycles. The van der Waals surface area contributed by atoms with Crippen LogP contribution < -0.4 is 9.47 Å². The smallest absolute Gasteiger partial charge is 0.255 e. The number of amides is 1. The minimum atomic E-state index is -0.111. The number of fused-ring (bicyclic) bond motifs is 1. The number of nitrogens with zero attached hydrogens (tertiary/aromatic N) is 2. The predicted molar refractivity (Wildman–Crippen MR) is 107 cm³/mol. The lowest BCUT2D eigenvalue weighted by molar-refractivity contribution is 0.0783. The fraction of sp³-hybridized carbons (Fsp3) is 0.238. The average Bonchev–Trinajstić information content (AvgIpc) is 2.66. The standard InChI is InChI=1S/C21H21ClN2O3/c1-13-18(10-14-5-7-17(26-3)11-19(14)23-13)21(25)24(2)12-15-9-16(22)6-8-20(15)27-4/h5-11H,12H2,1-4H3. The second-order valence-electron chi connectivity index (χ2n) is 6.30. The van der Waals surface area contributed by atoms with E-state index < -0.39 is 0 Å². The fourth-order valence-corrected chi connectivity index (χ4v) is 3.19. The van der Waals surface area contributed by atoms with Crippen LogP contribution in [0.1, 0.15) is 21.6 Å². The van der Waals surface area contributed by atoms with Gasteiger partial charge in [0, 0.05) is 35.6 Å². The largest absolute Gasteiger partial charge is 0.497 e. The number of halogens is 1. The molecule has 1 amide bonds. The summed E-state index contributed by atoms with van der Waals surface area (Å²) in [5, 5.41) is 1.49. The first-order chi connectivity index (χ1) is 12.9. The highest BCUT2D eigenvalue weighted by Crippen LogP contribution is 2.26. The van der Waals surface area contributed by atoms with E-state index in [1.54, 1.807) is 38.3 Å². The van der Waals surface area contributed by atoms with E-state index in [2.05, 4.69) is 4.98 Å². The van der Waals surface area contributed by atoms with E-state index in [9.17, 15) is 4.79 Å². The van der Waals surface area contributed by atoms with Crippen molar-refractivity contribution in [3.05, 3.63) is 64.3 Å². The number of benzene rings is 2. The number of aromatic nitrogens is 1. The van der Waals surface area contributed by atoms with Crippen LogP contribution in [0.25, 0.3) is 10.9 Å². The third-order valence-corrected chi connectivity index (χ3v) is 4.68. The molecular weight excluding hydrogens is 364 g/mol. The monoisotopic (exact) mass is 384 g/mol. The van der Waals surface area contributed by atoms with E-state index in [1.807, 2.05) is 37.3 Å². The van der Waals surface area contributed by atoms with Gasteiger partial charge in [-0.25, -0.2) is 0 Å². The molecule has 0 fully saturated rings. The third-order valence-electron chi connectivity index (χ3n) is 4.44. The highest BCUT2D eigenvalue weighted by Gasteiger charge is 2.18. The number of carbonyl (C=O) groups excluding carboxylic acids is 1. The molecule has 3 aromatic rings. The Kier molecular flexibility index (Phi) is 5.51. The molecule has 0 aliphatic carbocycles. The van der Waals surface area contributed by atoms with Gasteiger partial charge in [0.25, 0.3) is 5.91 Å². The number of rotatable bonds is 5. The Morgan fingerprint density at radius 3 is 2.59 bits per heavy atom. The van der Waals surface area contributed by atoms with Crippen molar-refractivity contribution in [3.63, 3.8) is 0 Å². The van der Waals surface area contributed by atoms with Crippen molar-refractivity contribution in [1.82, 2.24) is 9.88 Å². The van der Waals surface area contributed by atoms with Gasteiger partial charge in [0.15, 0.2) is 0 Å². The topological polar surface area (TPSA) is 51.7 Å². The predicted octanol–water partition coefficient (Wildman–Crippen LogP) is 4.49. The quantitative estimate of drug-likeness (QED) is 0.650. The van der Waals surface area contributed by atoms with Crippen LogP contribution in [0.15, 0.2) is 42.5 Å². The van der Waals surface area contributed by atoms with Crippen LogP contribution >= 0.6 is 11.6 Å². The summed E-state index contributed by atoms with van der Waals surface area (Å²) in [6.07, 6.45) is 0. The molecule has 0 aliphatic rings. The van der Waals surface area contributed by atoms with Crippen molar-refractivity contribution in [2.24, 2.45) is 0 Å². The lowest BCUT2D eigenvalue weighted by Crippen LogP contribution is -2.27. The van der Waals surface area contributed by atoms with E-state index >= 15 is 0 Å². The second kappa shape index (κ2) is 7.84. The summed E-state index contributed by atoms with van der Waals surface area (Å²) in [5.41, 5.74) is 2.88. The van der Waals surface area contributed by atoms with Crippen LogP contribution in [0.2, 0.25) is 5.02 Å². The molecule has 1 heterocycles. The third kappa shape index (κ3) is 3.98. The summed E-state index contributed by atoms with van der Waals surface area (Å²) in [6, 6.07) is 12.8. The number of pyridine rings is 1. The molecule has 0 saturated carbocycles. The van der Waals surface area contributed by atoms with Gasteiger partial charge >= 0.3 is 0 Å².